The normalized spacial score (nSPS) is 23.3. The van der Waals surface area contributed by atoms with E-state index in [9.17, 15) is 4.79 Å². The number of nitrogens with zero attached hydrogens (tertiary/aromatic N) is 2. The fraction of sp³-hybridized carbons (Fsp3) is 0.933. The van der Waals surface area contributed by atoms with Gasteiger partial charge in [0.2, 0.25) is 5.91 Å². The lowest BCUT2D eigenvalue weighted by atomic mass is 9.95. The maximum atomic E-state index is 12.5. The molecule has 0 saturated carbocycles. The number of likely N-dealkylation sites (tertiary alicyclic amines) is 2. The van der Waals surface area contributed by atoms with Crippen LogP contribution < -0.4 is 0 Å². The van der Waals surface area contributed by atoms with Crippen molar-refractivity contribution in [1.29, 1.82) is 0 Å². The summed E-state index contributed by atoms with van der Waals surface area (Å²) >= 11 is 0. The Labute approximate surface area is 117 Å². The SMILES string of the molecule is COCCN1CCC(C(=O)N2CCCCCC2)CC1. The summed E-state index contributed by atoms with van der Waals surface area (Å²) in [5.74, 6) is 0.699. The van der Waals surface area contributed by atoms with E-state index >= 15 is 0 Å². The van der Waals surface area contributed by atoms with Gasteiger partial charge in [0.25, 0.3) is 0 Å². The first-order valence-corrected chi connectivity index (χ1v) is 7.81. The molecular formula is C15H28N2O2. The molecule has 2 aliphatic heterocycles. The van der Waals surface area contributed by atoms with Gasteiger partial charge in [-0.1, -0.05) is 12.8 Å². The second kappa shape index (κ2) is 7.85. The van der Waals surface area contributed by atoms with Crippen LogP contribution in [0.3, 0.4) is 0 Å². The Hall–Kier alpha value is -0.610. The Balaban J connectivity index is 1.75. The van der Waals surface area contributed by atoms with Crippen molar-refractivity contribution in [2.24, 2.45) is 5.92 Å². The van der Waals surface area contributed by atoms with Crippen LogP contribution >= 0.6 is 0 Å². The third kappa shape index (κ3) is 4.46. The van der Waals surface area contributed by atoms with Crippen molar-refractivity contribution < 1.29 is 9.53 Å². The summed E-state index contributed by atoms with van der Waals surface area (Å²) in [6.45, 7) is 5.87. The number of amides is 1. The summed E-state index contributed by atoms with van der Waals surface area (Å²) < 4.78 is 5.11. The monoisotopic (exact) mass is 268 g/mol. The highest BCUT2D eigenvalue weighted by molar-refractivity contribution is 5.79. The van der Waals surface area contributed by atoms with Crippen molar-refractivity contribution in [3.63, 3.8) is 0 Å². The molecule has 4 heteroatoms. The number of piperidine rings is 1. The number of hydrogen-bond donors (Lipinski definition) is 0. The van der Waals surface area contributed by atoms with Crippen LogP contribution in [0.5, 0.6) is 0 Å². The van der Waals surface area contributed by atoms with E-state index in [-0.39, 0.29) is 5.92 Å². The van der Waals surface area contributed by atoms with Crippen molar-refractivity contribution in [1.82, 2.24) is 9.80 Å². The van der Waals surface area contributed by atoms with Gasteiger partial charge < -0.3 is 14.5 Å². The largest absolute Gasteiger partial charge is 0.383 e. The lowest BCUT2D eigenvalue weighted by Gasteiger charge is -2.33. The van der Waals surface area contributed by atoms with Crippen LogP contribution in [0.1, 0.15) is 38.5 Å². The predicted octanol–water partition coefficient (Wildman–Crippen LogP) is 1.75. The van der Waals surface area contributed by atoms with Crippen molar-refractivity contribution >= 4 is 5.91 Å². The van der Waals surface area contributed by atoms with Crippen molar-refractivity contribution in [3.8, 4) is 0 Å². The molecule has 0 aromatic heterocycles. The smallest absolute Gasteiger partial charge is 0.225 e. The van der Waals surface area contributed by atoms with Gasteiger partial charge in [-0.05, 0) is 38.8 Å². The second-order valence-corrected chi connectivity index (χ2v) is 5.85. The Morgan fingerprint density at radius 3 is 2.26 bits per heavy atom. The van der Waals surface area contributed by atoms with E-state index in [0.717, 1.165) is 52.2 Å². The minimum Gasteiger partial charge on any atom is -0.383 e. The molecule has 0 atom stereocenters. The maximum Gasteiger partial charge on any atom is 0.225 e. The molecule has 0 spiro atoms. The number of carbonyl (C=O) groups is 1. The minimum absolute atomic E-state index is 0.275. The third-order valence-corrected chi connectivity index (χ3v) is 4.47. The van der Waals surface area contributed by atoms with E-state index in [2.05, 4.69) is 9.80 Å². The summed E-state index contributed by atoms with van der Waals surface area (Å²) in [6, 6.07) is 0. The van der Waals surface area contributed by atoms with Gasteiger partial charge in [0, 0.05) is 32.7 Å². The first-order valence-electron chi connectivity index (χ1n) is 7.81. The molecule has 0 aromatic rings. The van der Waals surface area contributed by atoms with E-state index in [1.54, 1.807) is 7.11 Å². The molecule has 0 radical (unpaired) electrons. The Morgan fingerprint density at radius 1 is 1.05 bits per heavy atom. The van der Waals surface area contributed by atoms with Crippen LogP contribution in [-0.4, -0.2) is 62.1 Å². The van der Waals surface area contributed by atoms with Crippen LogP contribution in [0.4, 0.5) is 0 Å². The predicted molar refractivity (Wildman–Crippen MR) is 76.1 cm³/mol. The van der Waals surface area contributed by atoms with Crippen LogP contribution in [-0.2, 0) is 9.53 Å². The quantitative estimate of drug-likeness (QED) is 0.779. The zero-order chi connectivity index (χ0) is 13.5. The highest BCUT2D eigenvalue weighted by Gasteiger charge is 2.28. The molecule has 2 aliphatic rings. The fourth-order valence-corrected chi connectivity index (χ4v) is 3.17. The topological polar surface area (TPSA) is 32.8 Å². The molecule has 0 N–H and O–H groups in total. The van der Waals surface area contributed by atoms with Gasteiger partial charge in [0.1, 0.15) is 0 Å². The van der Waals surface area contributed by atoms with Gasteiger partial charge in [-0.3, -0.25) is 4.79 Å². The molecule has 2 saturated heterocycles. The molecule has 0 bridgehead atoms. The van der Waals surface area contributed by atoms with E-state index < -0.39 is 0 Å². The average molecular weight is 268 g/mol. The van der Waals surface area contributed by atoms with Crippen LogP contribution in [0.25, 0.3) is 0 Å². The van der Waals surface area contributed by atoms with Gasteiger partial charge in [-0.25, -0.2) is 0 Å². The zero-order valence-electron chi connectivity index (χ0n) is 12.3. The number of carbonyl (C=O) groups excluding carboxylic acids is 1. The van der Waals surface area contributed by atoms with Crippen LogP contribution in [0.15, 0.2) is 0 Å². The van der Waals surface area contributed by atoms with Gasteiger partial charge in [0.05, 0.1) is 6.61 Å². The van der Waals surface area contributed by atoms with Crippen LogP contribution in [0.2, 0.25) is 0 Å². The Morgan fingerprint density at radius 2 is 1.68 bits per heavy atom. The molecule has 2 heterocycles. The van der Waals surface area contributed by atoms with Crippen LogP contribution in [0, 0.1) is 5.92 Å². The summed E-state index contributed by atoms with van der Waals surface area (Å²) in [5, 5.41) is 0. The minimum atomic E-state index is 0.275. The fourth-order valence-electron chi connectivity index (χ4n) is 3.17. The summed E-state index contributed by atoms with van der Waals surface area (Å²) in [4.78, 5) is 17.0. The van der Waals surface area contributed by atoms with Crippen molar-refractivity contribution in [2.45, 2.75) is 38.5 Å². The molecule has 110 valence electrons. The van der Waals surface area contributed by atoms with E-state index in [1.807, 2.05) is 0 Å². The number of rotatable bonds is 4. The molecule has 19 heavy (non-hydrogen) atoms. The maximum absolute atomic E-state index is 12.5. The Kier molecular flexibility index (Phi) is 6.11. The lowest BCUT2D eigenvalue weighted by Crippen LogP contribution is -2.43. The lowest BCUT2D eigenvalue weighted by molar-refractivity contribution is -0.137. The van der Waals surface area contributed by atoms with Gasteiger partial charge in [0.15, 0.2) is 0 Å². The molecule has 2 rings (SSSR count). The second-order valence-electron chi connectivity index (χ2n) is 5.85. The average Bonchev–Trinajstić information content (AvgIpc) is 2.74. The van der Waals surface area contributed by atoms with Crippen molar-refractivity contribution in [3.05, 3.63) is 0 Å². The van der Waals surface area contributed by atoms with E-state index in [0.29, 0.717) is 5.91 Å². The van der Waals surface area contributed by atoms with E-state index in [4.69, 9.17) is 4.74 Å². The number of ether oxygens (including phenoxy) is 1. The number of hydrogen-bond acceptors (Lipinski definition) is 3. The van der Waals surface area contributed by atoms with Gasteiger partial charge in [-0.15, -0.1) is 0 Å². The summed E-state index contributed by atoms with van der Waals surface area (Å²) in [7, 11) is 1.75. The first kappa shape index (κ1) is 14.8. The Bertz CT molecular complexity index is 267. The molecule has 0 aromatic carbocycles. The highest BCUT2D eigenvalue weighted by atomic mass is 16.5. The molecule has 0 aliphatic carbocycles. The highest BCUT2D eigenvalue weighted by Crippen LogP contribution is 2.21. The standard InChI is InChI=1S/C15H28N2O2/c1-19-13-12-16-10-6-14(7-11-16)15(18)17-8-4-2-3-5-9-17/h14H,2-13H2,1H3. The molecule has 2 fully saturated rings. The summed E-state index contributed by atoms with van der Waals surface area (Å²) in [6.07, 6.45) is 7.02. The van der Waals surface area contributed by atoms with Gasteiger partial charge in [-0.2, -0.15) is 0 Å². The summed E-state index contributed by atoms with van der Waals surface area (Å²) in [5.41, 5.74) is 0. The number of methoxy groups -OCH3 is 1. The molecular weight excluding hydrogens is 240 g/mol. The first-order chi connectivity index (χ1) is 9.31. The van der Waals surface area contributed by atoms with E-state index in [1.165, 1.54) is 25.7 Å². The van der Waals surface area contributed by atoms with Crippen molar-refractivity contribution in [2.75, 3.05) is 46.4 Å². The third-order valence-electron chi connectivity index (χ3n) is 4.47. The molecule has 0 unspecified atom stereocenters. The van der Waals surface area contributed by atoms with Gasteiger partial charge >= 0.3 is 0 Å². The molecule has 1 amide bonds. The zero-order valence-corrected chi connectivity index (χ0v) is 12.3. The molecule has 4 nitrogen and oxygen atoms in total.